The Balaban J connectivity index is 2.82. The van der Waals surface area contributed by atoms with Gasteiger partial charge in [-0.25, -0.2) is 9.59 Å². The molecule has 0 saturated heterocycles. The summed E-state index contributed by atoms with van der Waals surface area (Å²) >= 11 is 0. The monoisotopic (exact) mass is 262 g/mol. The van der Waals surface area contributed by atoms with Crippen LogP contribution >= 0.6 is 0 Å². The molecule has 1 aromatic rings. The van der Waals surface area contributed by atoms with Crippen molar-refractivity contribution in [2.24, 2.45) is 0 Å². The molecular weight excluding hydrogens is 244 g/mol. The zero-order valence-corrected chi connectivity index (χ0v) is 11.3. The molecule has 0 aliphatic rings. The Bertz CT molecular complexity index is 509. The number of carbonyl (C=O) groups is 2. The van der Waals surface area contributed by atoms with Crippen LogP contribution in [0, 0.1) is 6.92 Å². The molecule has 0 aromatic heterocycles. The smallest absolute Gasteiger partial charge is 0.328 e. The fraction of sp³-hybridized carbons (Fsp3) is 0.286. The minimum absolute atomic E-state index is 0.171. The summed E-state index contributed by atoms with van der Waals surface area (Å²) in [4.78, 5) is 23.7. The van der Waals surface area contributed by atoms with E-state index in [9.17, 15) is 9.59 Å². The number of carboxylic acids is 1. The van der Waals surface area contributed by atoms with Crippen molar-refractivity contribution >= 4 is 23.8 Å². The molecule has 0 saturated carbocycles. The third-order valence-corrected chi connectivity index (χ3v) is 2.75. The Morgan fingerprint density at radius 3 is 2.63 bits per heavy atom. The van der Waals surface area contributed by atoms with E-state index in [2.05, 4.69) is 5.32 Å². The second-order valence-corrected chi connectivity index (χ2v) is 4.19. The molecule has 0 spiro atoms. The van der Waals surface area contributed by atoms with E-state index in [-0.39, 0.29) is 6.03 Å². The number of carbonyl (C=O) groups excluding carboxylic acids is 1. The predicted octanol–water partition coefficient (Wildman–Crippen LogP) is 2.58. The van der Waals surface area contributed by atoms with E-state index in [1.165, 1.54) is 6.08 Å². The molecule has 0 unspecified atom stereocenters. The van der Waals surface area contributed by atoms with Gasteiger partial charge < -0.3 is 15.3 Å². The van der Waals surface area contributed by atoms with Gasteiger partial charge in [0.25, 0.3) is 0 Å². The molecule has 5 nitrogen and oxygen atoms in total. The van der Waals surface area contributed by atoms with Crippen LogP contribution in [-0.4, -0.2) is 35.6 Å². The van der Waals surface area contributed by atoms with Gasteiger partial charge in [0.1, 0.15) is 0 Å². The molecule has 0 radical (unpaired) electrons. The quantitative estimate of drug-likeness (QED) is 0.819. The van der Waals surface area contributed by atoms with Gasteiger partial charge in [0.2, 0.25) is 0 Å². The molecule has 0 bridgehead atoms. The van der Waals surface area contributed by atoms with Crippen molar-refractivity contribution in [1.29, 1.82) is 0 Å². The summed E-state index contributed by atoms with van der Waals surface area (Å²) in [6.45, 7) is 4.38. The Morgan fingerprint density at radius 1 is 1.42 bits per heavy atom. The summed E-state index contributed by atoms with van der Waals surface area (Å²) in [7, 11) is 1.71. The summed E-state index contributed by atoms with van der Waals surface area (Å²) in [6, 6.07) is 5.16. The van der Waals surface area contributed by atoms with Crippen molar-refractivity contribution in [3.63, 3.8) is 0 Å². The SMILES string of the molecule is CCN(C)C(=O)Nc1ccc(C=CC(=O)O)c(C)c1. The van der Waals surface area contributed by atoms with Crippen LogP contribution in [0.4, 0.5) is 10.5 Å². The lowest BCUT2D eigenvalue weighted by Gasteiger charge is -2.16. The lowest BCUT2D eigenvalue weighted by molar-refractivity contribution is -0.131. The Hall–Kier alpha value is -2.30. The molecule has 0 fully saturated rings. The molecule has 0 atom stereocenters. The molecule has 1 rings (SSSR count). The van der Waals surface area contributed by atoms with Crippen LogP contribution in [0.25, 0.3) is 6.08 Å². The molecular formula is C14H18N2O3. The Kier molecular flexibility index (Phi) is 5.11. The highest BCUT2D eigenvalue weighted by Gasteiger charge is 2.06. The average molecular weight is 262 g/mol. The third kappa shape index (κ3) is 4.46. The van der Waals surface area contributed by atoms with Gasteiger partial charge in [-0.05, 0) is 43.2 Å². The molecule has 2 amide bonds. The molecule has 19 heavy (non-hydrogen) atoms. The second-order valence-electron chi connectivity index (χ2n) is 4.19. The summed E-state index contributed by atoms with van der Waals surface area (Å²) < 4.78 is 0. The first kappa shape index (κ1) is 14.8. The largest absolute Gasteiger partial charge is 0.478 e. The Morgan fingerprint density at radius 2 is 2.11 bits per heavy atom. The number of aliphatic carboxylic acids is 1. The molecule has 5 heteroatoms. The van der Waals surface area contributed by atoms with Crippen molar-refractivity contribution in [3.8, 4) is 0 Å². The zero-order valence-electron chi connectivity index (χ0n) is 11.3. The van der Waals surface area contributed by atoms with E-state index in [4.69, 9.17) is 5.11 Å². The number of aryl methyl sites for hydroxylation is 1. The lowest BCUT2D eigenvalue weighted by atomic mass is 10.1. The van der Waals surface area contributed by atoms with Crippen LogP contribution in [0.5, 0.6) is 0 Å². The third-order valence-electron chi connectivity index (χ3n) is 2.75. The van der Waals surface area contributed by atoms with Crippen LogP contribution in [0.2, 0.25) is 0 Å². The molecule has 0 aliphatic heterocycles. The van der Waals surface area contributed by atoms with E-state index in [0.29, 0.717) is 12.2 Å². The maximum absolute atomic E-state index is 11.7. The van der Waals surface area contributed by atoms with Crippen LogP contribution in [0.1, 0.15) is 18.1 Å². The molecule has 102 valence electrons. The lowest BCUT2D eigenvalue weighted by Crippen LogP contribution is -2.30. The van der Waals surface area contributed by atoms with Gasteiger partial charge in [-0.1, -0.05) is 6.07 Å². The van der Waals surface area contributed by atoms with Crippen molar-refractivity contribution in [1.82, 2.24) is 4.90 Å². The van der Waals surface area contributed by atoms with Gasteiger partial charge in [0, 0.05) is 25.4 Å². The molecule has 1 aromatic carbocycles. The van der Waals surface area contributed by atoms with Crippen molar-refractivity contribution in [2.45, 2.75) is 13.8 Å². The highest BCUT2D eigenvalue weighted by Crippen LogP contribution is 2.16. The van der Waals surface area contributed by atoms with E-state index in [1.54, 1.807) is 24.1 Å². The molecule has 0 heterocycles. The number of hydrogen-bond acceptors (Lipinski definition) is 2. The van der Waals surface area contributed by atoms with Gasteiger partial charge in [0.05, 0.1) is 0 Å². The van der Waals surface area contributed by atoms with E-state index < -0.39 is 5.97 Å². The zero-order chi connectivity index (χ0) is 14.4. The fourth-order valence-corrected chi connectivity index (χ4v) is 1.46. The van der Waals surface area contributed by atoms with Gasteiger partial charge in [-0.3, -0.25) is 0 Å². The number of nitrogens with one attached hydrogen (secondary N) is 1. The van der Waals surface area contributed by atoms with Gasteiger partial charge in [0.15, 0.2) is 0 Å². The Labute approximate surface area is 112 Å². The number of rotatable bonds is 4. The molecule has 0 aliphatic carbocycles. The normalized spacial score (nSPS) is 10.5. The van der Waals surface area contributed by atoms with Crippen LogP contribution in [0.15, 0.2) is 24.3 Å². The highest BCUT2D eigenvalue weighted by atomic mass is 16.4. The summed E-state index contributed by atoms with van der Waals surface area (Å²) in [5, 5.41) is 11.4. The summed E-state index contributed by atoms with van der Waals surface area (Å²) in [6.07, 6.45) is 2.62. The first-order valence-electron chi connectivity index (χ1n) is 5.97. The fourth-order valence-electron chi connectivity index (χ4n) is 1.46. The topological polar surface area (TPSA) is 69.6 Å². The number of amides is 2. The van der Waals surface area contributed by atoms with Crippen LogP contribution < -0.4 is 5.32 Å². The summed E-state index contributed by atoms with van der Waals surface area (Å²) in [5.41, 5.74) is 2.40. The first-order chi connectivity index (χ1) is 8.93. The first-order valence-corrected chi connectivity index (χ1v) is 5.97. The predicted molar refractivity (Wildman–Crippen MR) is 75.2 cm³/mol. The van der Waals surface area contributed by atoms with E-state index >= 15 is 0 Å². The minimum atomic E-state index is -0.985. The number of nitrogens with zero attached hydrogens (tertiary/aromatic N) is 1. The second kappa shape index (κ2) is 6.58. The standard InChI is InChI=1S/C14H18N2O3/c1-4-16(3)14(19)15-12-7-5-11(10(2)9-12)6-8-13(17)18/h5-9H,4H2,1-3H3,(H,15,19)(H,17,18). The van der Waals surface area contributed by atoms with Gasteiger partial charge in [-0.15, -0.1) is 0 Å². The number of hydrogen-bond donors (Lipinski definition) is 2. The summed E-state index contributed by atoms with van der Waals surface area (Å²) in [5.74, 6) is -0.985. The maximum atomic E-state index is 11.7. The maximum Gasteiger partial charge on any atom is 0.328 e. The van der Waals surface area contributed by atoms with Gasteiger partial charge in [-0.2, -0.15) is 0 Å². The van der Waals surface area contributed by atoms with Crippen molar-refractivity contribution < 1.29 is 14.7 Å². The number of urea groups is 1. The van der Waals surface area contributed by atoms with E-state index in [1.807, 2.05) is 19.9 Å². The van der Waals surface area contributed by atoms with E-state index in [0.717, 1.165) is 17.2 Å². The average Bonchev–Trinajstić information content (AvgIpc) is 2.36. The van der Waals surface area contributed by atoms with Crippen molar-refractivity contribution in [3.05, 3.63) is 35.4 Å². The van der Waals surface area contributed by atoms with Crippen LogP contribution in [0.3, 0.4) is 0 Å². The minimum Gasteiger partial charge on any atom is -0.478 e. The van der Waals surface area contributed by atoms with Gasteiger partial charge >= 0.3 is 12.0 Å². The number of anilines is 1. The number of carboxylic acid groups (broad SMARTS) is 1. The molecule has 2 N–H and O–H groups in total. The van der Waals surface area contributed by atoms with Crippen molar-refractivity contribution in [2.75, 3.05) is 18.9 Å². The van der Waals surface area contributed by atoms with Crippen LogP contribution in [-0.2, 0) is 4.79 Å². The number of benzene rings is 1. The highest BCUT2D eigenvalue weighted by molar-refractivity contribution is 5.90.